The second kappa shape index (κ2) is 4.70. The number of fused-ring (bicyclic) bond motifs is 1. The van der Waals surface area contributed by atoms with Gasteiger partial charge in [-0.2, -0.15) is 0 Å². The Labute approximate surface area is 102 Å². The van der Waals surface area contributed by atoms with Crippen molar-refractivity contribution in [3.63, 3.8) is 0 Å². The Kier molecular flexibility index (Phi) is 3.09. The van der Waals surface area contributed by atoms with Crippen LogP contribution >= 0.6 is 0 Å². The minimum atomic E-state index is -1.06. The molecule has 0 unspecified atom stereocenters. The molecule has 0 atom stereocenters. The fraction of sp³-hybridized carbons (Fsp3) is 0.0833. The molecule has 0 aliphatic heterocycles. The number of nitrogens with zero attached hydrogens (tertiary/aromatic N) is 1. The van der Waals surface area contributed by atoms with E-state index in [9.17, 15) is 14.9 Å². The third-order valence-corrected chi connectivity index (χ3v) is 2.37. The maximum Gasteiger partial charge on any atom is 0.341 e. The average molecular weight is 247 g/mol. The maximum atomic E-state index is 10.6. The zero-order chi connectivity index (χ0) is 13.1. The monoisotopic (exact) mass is 247 g/mol. The molecule has 2 aromatic rings. The molecule has 0 bridgehead atoms. The Morgan fingerprint density at radius 3 is 2.56 bits per heavy atom. The molecule has 2 aromatic carbocycles. The molecule has 0 fully saturated rings. The van der Waals surface area contributed by atoms with Crippen LogP contribution in [0.4, 0.5) is 5.69 Å². The summed E-state index contributed by atoms with van der Waals surface area (Å²) in [6.07, 6.45) is 0. The summed E-state index contributed by atoms with van der Waals surface area (Å²) < 4.78 is 5.02. The molecule has 2 rings (SSSR count). The zero-order valence-corrected chi connectivity index (χ0v) is 9.20. The topological polar surface area (TPSA) is 89.7 Å². The van der Waals surface area contributed by atoms with Crippen LogP contribution < -0.4 is 4.74 Å². The van der Waals surface area contributed by atoms with Crippen LogP contribution in [0, 0.1) is 10.1 Å². The molecule has 1 N–H and O–H groups in total. The molecule has 6 nitrogen and oxygen atoms in total. The lowest BCUT2D eigenvalue weighted by atomic mass is 10.1. The van der Waals surface area contributed by atoms with Gasteiger partial charge in [0.25, 0.3) is 5.69 Å². The molecule has 6 heteroatoms. The summed E-state index contributed by atoms with van der Waals surface area (Å²) in [5.41, 5.74) is 0.0155. The fourth-order valence-electron chi connectivity index (χ4n) is 1.56. The Morgan fingerprint density at radius 1 is 1.22 bits per heavy atom. The van der Waals surface area contributed by atoms with Gasteiger partial charge in [-0.05, 0) is 29.0 Å². The van der Waals surface area contributed by atoms with Crippen molar-refractivity contribution in [3.8, 4) is 5.75 Å². The Bertz CT molecular complexity index is 623. The van der Waals surface area contributed by atoms with Crippen LogP contribution in [-0.2, 0) is 4.79 Å². The van der Waals surface area contributed by atoms with Crippen molar-refractivity contribution in [2.45, 2.75) is 0 Å². The molecule has 0 amide bonds. The number of hydrogen-bond acceptors (Lipinski definition) is 4. The first-order chi connectivity index (χ1) is 8.56. The quantitative estimate of drug-likeness (QED) is 0.660. The van der Waals surface area contributed by atoms with Crippen LogP contribution in [0.25, 0.3) is 10.8 Å². The molecule has 0 aromatic heterocycles. The minimum Gasteiger partial charge on any atom is -0.482 e. The first-order valence-electron chi connectivity index (χ1n) is 5.09. The van der Waals surface area contributed by atoms with Crippen LogP contribution in [0.5, 0.6) is 5.75 Å². The summed E-state index contributed by atoms with van der Waals surface area (Å²) in [4.78, 5) is 20.5. The number of carboxylic acids is 1. The highest BCUT2D eigenvalue weighted by Gasteiger charge is 2.07. The molecule has 0 aliphatic carbocycles. The van der Waals surface area contributed by atoms with Gasteiger partial charge in [0.2, 0.25) is 0 Å². The van der Waals surface area contributed by atoms with Crippen LogP contribution in [-0.4, -0.2) is 22.6 Å². The highest BCUT2D eigenvalue weighted by atomic mass is 16.6. The van der Waals surface area contributed by atoms with E-state index in [1.54, 1.807) is 24.3 Å². The number of nitro benzene ring substituents is 1. The number of aliphatic carboxylic acids is 1. The van der Waals surface area contributed by atoms with E-state index in [1.807, 2.05) is 0 Å². The highest BCUT2D eigenvalue weighted by Crippen LogP contribution is 2.24. The predicted molar refractivity (Wildman–Crippen MR) is 63.7 cm³/mol. The predicted octanol–water partition coefficient (Wildman–Crippen LogP) is 2.21. The summed E-state index contributed by atoms with van der Waals surface area (Å²) in [5, 5.41) is 20.5. The van der Waals surface area contributed by atoms with E-state index < -0.39 is 17.5 Å². The van der Waals surface area contributed by atoms with Gasteiger partial charge in [-0.15, -0.1) is 0 Å². The van der Waals surface area contributed by atoms with E-state index in [1.165, 1.54) is 12.1 Å². The zero-order valence-electron chi connectivity index (χ0n) is 9.20. The average Bonchev–Trinajstić information content (AvgIpc) is 2.35. The Balaban J connectivity index is 2.32. The summed E-state index contributed by atoms with van der Waals surface area (Å²) in [6.45, 7) is -0.418. The van der Waals surface area contributed by atoms with Crippen LogP contribution in [0.1, 0.15) is 0 Å². The van der Waals surface area contributed by atoms with Gasteiger partial charge in [0.05, 0.1) is 4.92 Å². The summed E-state index contributed by atoms with van der Waals surface area (Å²) in [6, 6.07) is 9.32. The second-order valence-corrected chi connectivity index (χ2v) is 3.63. The molecule has 0 saturated carbocycles. The van der Waals surface area contributed by atoms with Gasteiger partial charge < -0.3 is 9.84 Å². The fourth-order valence-corrected chi connectivity index (χ4v) is 1.56. The third kappa shape index (κ3) is 2.54. The second-order valence-electron chi connectivity index (χ2n) is 3.63. The standard InChI is InChI=1S/C12H9NO5/c14-12(15)7-18-11-4-2-8-5-10(13(16)17)3-1-9(8)6-11/h1-6H,7H2,(H,14,15). The van der Waals surface area contributed by atoms with Crippen molar-refractivity contribution in [1.29, 1.82) is 0 Å². The number of hydrogen-bond donors (Lipinski definition) is 1. The normalized spacial score (nSPS) is 10.2. The van der Waals surface area contributed by atoms with E-state index in [0.717, 1.165) is 5.39 Å². The number of rotatable bonds is 4. The number of benzene rings is 2. The lowest BCUT2D eigenvalue weighted by Crippen LogP contribution is -2.09. The van der Waals surface area contributed by atoms with Crippen LogP contribution in [0.15, 0.2) is 36.4 Å². The van der Waals surface area contributed by atoms with Crippen molar-refractivity contribution < 1.29 is 19.6 Å². The van der Waals surface area contributed by atoms with E-state index in [-0.39, 0.29) is 5.69 Å². The molecule has 0 radical (unpaired) electrons. The smallest absolute Gasteiger partial charge is 0.341 e. The minimum absolute atomic E-state index is 0.0155. The van der Waals surface area contributed by atoms with Crippen molar-refractivity contribution in [3.05, 3.63) is 46.5 Å². The van der Waals surface area contributed by atoms with Crippen molar-refractivity contribution in [2.24, 2.45) is 0 Å². The molecule has 0 heterocycles. The van der Waals surface area contributed by atoms with E-state index >= 15 is 0 Å². The molecule has 18 heavy (non-hydrogen) atoms. The Morgan fingerprint density at radius 2 is 1.89 bits per heavy atom. The molecular formula is C12H9NO5. The van der Waals surface area contributed by atoms with Crippen molar-refractivity contribution in [2.75, 3.05) is 6.61 Å². The van der Waals surface area contributed by atoms with Gasteiger partial charge in [-0.1, -0.05) is 6.07 Å². The third-order valence-electron chi connectivity index (χ3n) is 2.37. The number of non-ortho nitro benzene ring substituents is 1. The van der Waals surface area contributed by atoms with Crippen LogP contribution in [0.2, 0.25) is 0 Å². The lowest BCUT2D eigenvalue weighted by Gasteiger charge is -2.04. The van der Waals surface area contributed by atoms with Gasteiger partial charge in [-0.3, -0.25) is 10.1 Å². The molecule has 0 saturated heterocycles. The first-order valence-corrected chi connectivity index (χ1v) is 5.09. The number of nitro groups is 1. The molecule has 0 aliphatic rings. The van der Waals surface area contributed by atoms with Gasteiger partial charge in [0.1, 0.15) is 5.75 Å². The molecule has 0 spiro atoms. The Hall–Kier alpha value is -2.63. The van der Waals surface area contributed by atoms with Crippen molar-refractivity contribution in [1.82, 2.24) is 0 Å². The van der Waals surface area contributed by atoms with E-state index in [4.69, 9.17) is 9.84 Å². The SMILES string of the molecule is O=C(O)COc1ccc2cc([N+](=O)[O-])ccc2c1. The summed E-state index contributed by atoms with van der Waals surface area (Å²) >= 11 is 0. The van der Waals surface area contributed by atoms with Crippen LogP contribution in [0.3, 0.4) is 0 Å². The highest BCUT2D eigenvalue weighted by molar-refractivity contribution is 5.86. The van der Waals surface area contributed by atoms with Gasteiger partial charge in [-0.25, -0.2) is 4.79 Å². The molecular weight excluding hydrogens is 238 g/mol. The van der Waals surface area contributed by atoms with Gasteiger partial charge in [0, 0.05) is 12.1 Å². The summed E-state index contributed by atoms with van der Waals surface area (Å²) in [5.74, 6) is -0.641. The largest absolute Gasteiger partial charge is 0.482 e. The first kappa shape index (κ1) is 11.8. The van der Waals surface area contributed by atoms with Gasteiger partial charge in [0.15, 0.2) is 6.61 Å². The van der Waals surface area contributed by atoms with E-state index in [2.05, 4.69) is 0 Å². The number of carbonyl (C=O) groups is 1. The lowest BCUT2D eigenvalue weighted by molar-refractivity contribution is -0.384. The summed E-state index contributed by atoms with van der Waals surface area (Å²) in [7, 11) is 0. The van der Waals surface area contributed by atoms with Gasteiger partial charge >= 0.3 is 5.97 Å². The molecule has 92 valence electrons. The number of carboxylic acid groups (broad SMARTS) is 1. The maximum absolute atomic E-state index is 10.6. The van der Waals surface area contributed by atoms with E-state index in [0.29, 0.717) is 11.1 Å². The van der Waals surface area contributed by atoms with Crippen molar-refractivity contribution >= 4 is 22.4 Å². The number of ether oxygens (including phenoxy) is 1.